The number of benzene rings is 1. The van der Waals surface area contributed by atoms with Crippen molar-refractivity contribution in [1.29, 1.82) is 0 Å². The van der Waals surface area contributed by atoms with Gasteiger partial charge in [0.2, 0.25) is 0 Å². The van der Waals surface area contributed by atoms with Crippen LogP contribution >= 0.6 is 0 Å². The lowest BCUT2D eigenvalue weighted by molar-refractivity contribution is -0.116. The van der Waals surface area contributed by atoms with Crippen molar-refractivity contribution >= 4 is 0 Å². The van der Waals surface area contributed by atoms with Gasteiger partial charge in [0.05, 0.1) is 24.7 Å². The summed E-state index contributed by atoms with van der Waals surface area (Å²) in [6.07, 6.45) is -0.687. The van der Waals surface area contributed by atoms with Gasteiger partial charge in [0.25, 0.3) is 0 Å². The van der Waals surface area contributed by atoms with E-state index in [1.54, 1.807) is 12.1 Å². The Hall–Kier alpha value is -0.970. The summed E-state index contributed by atoms with van der Waals surface area (Å²) in [5.74, 6) is -0.303. The van der Waals surface area contributed by atoms with Crippen molar-refractivity contribution in [2.24, 2.45) is 5.73 Å². The number of ether oxygens (including phenoxy) is 1. The predicted molar refractivity (Wildman–Crippen MR) is 54.0 cm³/mol. The molecule has 1 heterocycles. The zero-order chi connectivity index (χ0) is 10.9. The number of rotatable bonds is 3. The SMILES string of the molecule is NCC(O)C1(c2cccc(F)c2)COC1. The first-order chi connectivity index (χ1) is 7.19. The van der Waals surface area contributed by atoms with Crippen LogP contribution in [0.25, 0.3) is 0 Å². The van der Waals surface area contributed by atoms with Crippen molar-refractivity contribution in [3.63, 3.8) is 0 Å². The molecule has 4 heteroatoms. The molecule has 0 aromatic heterocycles. The van der Waals surface area contributed by atoms with E-state index >= 15 is 0 Å². The van der Waals surface area contributed by atoms with Crippen LogP contribution in [0, 0.1) is 5.82 Å². The van der Waals surface area contributed by atoms with Gasteiger partial charge < -0.3 is 15.6 Å². The third-order valence-electron chi connectivity index (χ3n) is 2.98. The number of aliphatic hydroxyl groups excluding tert-OH is 1. The van der Waals surface area contributed by atoms with E-state index in [1.807, 2.05) is 0 Å². The van der Waals surface area contributed by atoms with Gasteiger partial charge in [-0.3, -0.25) is 0 Å². The first kappa shape index (κ1) is 10.5. The summed E-state index contributed by atoms with van der Waals surface area (Å²) in [5.41, 5.74) is 5.68. The molecule has 0 aliphatic carbocycles. The molecule has 0 amide bonds. The molecule has 82 valence electrons. The van der Waals surface area contributed by atoms with Gasteiger partial charge in [-0.25, -0.2) is 4.39 Å². The van der Waals surface area contributed by atoms with Gasteiger partial charge in [0, 0.05) is 6.54 Å². The minimum atomic E-state index is -0.687. The van der Waals surface area contributed by atoms with Crippen molar-refractivity contribution in [3.05, 3.63) is 35.6 Å². The number of hydrogen-bond donors (Lipinski definition) is 2. The predicted octanol–water partition coefficient (Wildman–Crippen LogP) is 0.413. The van der Waals surface area contributed by atoms with Crippen LogP contribution in [0.2, 0.25) is 0 Å². The molecular weight excluding hydrogens is 197 g/mol. The molecule has 3 N–H and O–H groups in total. The minimum absolute atomic E-state index is 0.153. The fourth-order valence-electron chi connectivity index (χ4n) is 1.90. The van der Waals surface area contributed by atoms with E-state index in [0.29, 0.717) is 13.2 Å². The lowest BCUT2D eigenvalue weighted by Gasteiger charge is -2.45. The lowest BCUT2D eigenvalue weighted by atomic mass is 9.74. The molecule has 1 atom stereocenters. The second-order valence-electron chi connectivity index (χ2n) is 3.91. The van der Waals surface area contributed by atoms with Gasteiger partial charge in [-0.15, -0.1) is 0 Å². The first-order valence-electron chi connectivity index (χ1n) is 4.91. The average molecular weight is 211 g/mol. The third-order valence-corrected chi connectivity index (χ3v) is 2.98. The Bertz CT molecular complexity index is 352. The third kappa shape index (κ3) is 1.65. The zero-order valence-corrected chi connectivity index (χ0v) is 8.32. The van der Waals surface area contributed by atoms with Gasteiger partial charge in [-0.1, -0.05) is 12.1 Å². The Morgan fingerprint density at radius 1 is 1.53 bits per heavy atom. The summed E-state index contributed by atoms with van der Waals surface area (Å²) < 4.78 is 18.2. The molecule has 1 aromatic carbocycles. The van der Waals surface area contributed by atoms with Crippen molar-refractivity contribution in [1.82, 2.24) is 0 Å². The Kier molecular flexibility index (Phi) is 2.73. The second-order valence-corrected chi connectivity index (χ2v) is 3.91. The highest BCUT2D eigenvalue weighted by Gasteiger charge is 2.46. The molecule has 15 heavy (non-hydrogen) atoms. The topological polar surface area (TPSA) is 55.5 Å². The highest BCUT2D eigenvalue weighted by Crippen LogP contribution is 2.35. The fraction of sp³-hybridized carbons (Fsp3) is 0.455. The average Bonchev–Trinajstić information content (AvgIpc) is 2.16. The number of aliphatic hydroxyl groups is 1. The zero-order valence-electron chi connectivity index (χ0n) is 8.32. The van der Waals surface area contributed by atoms with Crippen LogP contribution in [-0.2, 0) is 10.2 Å². The van der Waals surface area contributed by atoms with E-state index in [-0.39, 0.29) is 12.4 Å². The Morgan fingerprint density at radius 3 is 2.73 bits per heavy atom. The van der Waals surface area contributed by atoms with Crippen LogP contribution in [0.4, 0.5) is 4.39 Å². The minimum Gasteiger partial charge on any atom is -0.391 e. The highest BCUT2D eigenvalue weighted by molar-refractivity contribution is 5.30. The Morgan fingerprint density at radius 2 is 2.27 bits per heavy atom. The smallest absolute Gasteiger partial charge is 0.123 e. The van der Waals surface area contributed by atoms with Gasteiger partial charge >= 0.3 is 0 Å². The van der Waals surface area contributed by atoms with Gasteiger partial charge in [0.1, 0.15) is 5.82 Å². The molecular formula is C11H14FNO2. The number of nitrogens with two attached hydrogens (primary N) is 1. The molecule has 1 aliphatic rings. The molecule has 0 bridgehead atoms. The summed E-state index contributed by atoms with van der Waals surface area (Å²) in [5, 5.41) is 9.85. The molecule has 3 nitrogen and oxygen atoms in total. The lowest BCUT2D eigenvalue weighted by Crippen LogP contribution is -2.57. The quantitative estimate of drug-likeness (QED) is 0.761. The largest absolute Gasteiger partial charge is 0.391 e. The van der Waals surface area contributed by atoms with Crippen LogP contribution in [0.1, 0.15) is 5.56 Å². The van der Waals surface area contributed by atoms with Crippen molar-refractivity contribution in [3.8, 4) is 0 Å². The number of halogens is 1. The molecule has 1 saturated heterocycles. The molecule has 0 radical (unpaired) electrons. The fourth-order valence-corrected chi connectivity index (χ4v) is 1.90. The molecule has 1 aromatic rings. The van der Waals surface area contributed by atoms with Crippen molar-refractivity contribution in [2.45, 2.75) is 11.5 Å². The van der Waals surface area contributed by atoms with Crippen LogP contribution in [0.5, 0.6) is 0 Å². The molecule has 0 spiro atoms. The normalized spacial score (nSPS) is 20.7. The summed E-state index contributed by atoms with van der Waals surface area (Å²) in [6.45, 7) is 0.948. The maximum Gasteiger partial charge on any atom is 0.123 e. The monoisotopic (exact) mass is 211 g/mol. The van der Waals surface area contributed by atoms with E-state index in [4.69, 9.17) is 10.5 Å². The standard InChI is InChI=1S/C11H14FNO2/c12-9-3-1-2-8(4-9)11(6-15-7-11)10(14)5-13/h1-4,10,14H,5-7,13H2. The van der Waals surface area contributed by atoms with E-state index in [1.165, 1.54) is 12.1 Å². The highest BCUT2D eigenvalue weighted by atomic mass is 19.1. The summed E-state index contributed by atoms with van der Waals surface area (Å²) in [7, 11) is 0. The van der Waals surface area contributed by atoms with Crippen LogP contribution in [0.3, 0.4) is 0 Å². The van der Waals surface area contributed by atoms with E-state index < -0.39 is 11.5 Å². The van der Waals surface area contributed by atoms with Gasteiger partial charge in [-0.2, -0.15) is 0 Å². The summed E-state index contributed by atoms with van der Waals surface area (Å²) in [4.78, 5) is 0. The first-order valence-corrected chi connectivity index (χ1v) is 4.91. The maximum atomic E-state index is 13.1. The molecule has 0 saturated carbocycles. The summed E-state index contributed by atoms with van der Waals surface area (Å²) in [6, 6.07) is 6.24. The van der Waals surface area contributed by atoms with E-state index in [2.05, 4.69) is 0 Å². The maximum absolute atomic E-state index is 13.1. The summed E-state index contributed by atoms with van der Waals surface area (Å²) >= 11 is 0. The van der Waals surface area contributed by atoms with Gasteiger partial charge in [0.15, 0.2) is 0 Å². The molecule has 1 unspecified atom stereocenters. The molecule has 2 rings (SSSR count). The second kappa shape index (κ2) is 3.89. The van der Waals surface area contributed by atoms with Crippen LogP contribution in [-0.4, -0.2) is 31.0 Å². The molecule has 1 fully saturated rings. The Labute approximate surface area is 87.7 Å². The van der Waals surface area contributed by atoms with Crippen molar-refractivity contribution < 1.29 is 14.2 Å². The van der Waals surface area contributed by atoms with E-state index in [9.17, 15) is 9.50 Å². The van der Waals surface area contributed by atoms with Crippen molar-refractivity contribution in [2.75, 3.05) is 19.8 Å². The van der Waals surface area contributed by atoms with E-state index in [0.717, 1.165) is 5.56 Å². The Balaban J connectivity index is 2.34. The number of hydrogen-bond acceptors (Lipinski definition) is 3. The van der Waals surface area contributed by atoms with Crippen LogP contribution < -0.4 is 5.73 Å². The molecule has 1 aliphatic heterocycles. The van der Waals surface area contributed by atoms with Gasteiger partial charge in [-0.05, 0) is 17.7 Å². The van der Waals surface area contributed by atoms with Crippen LogP contribution in [0.15, 0.2) is 24.3 Å².